The van der Waals surface area contributed by atoms with Crippen molar-refractivity contribution in [2.75, 3.05) is 6.54 Å². The lowest BCUT2D eigenvalue weighted by atomic mass is 10.1. The molecule has 1 heterocycles. The molecule has 4 heteroatoms. The van der Waals surface area contributed by atoms with Crippen molar-refractivity contribution in [3.63, 3.8) is 0 Å². The van der Waals surface area contributed by atoms with Gasteiger partial charge in [-0.25, -0.2) is 0 Å². The molecular formula is C12H20BrN3. The fraction of sp³-hybridized carbons (Fsp3) is 0.583. The first-order chi connectivity index (χ1) is 7.40. The first-order valence-electron chi connectivity index (χ1n) is 5.49. The predicted molar refractivity (Wildman–Crippen MR) is 72.3 cm³/mol. The molecule has 0 aliphatic heterocycles. The average Bonchev–Trinajstić information content (AvgIpc) is 2.46. The van der Waals surface area contributed by atoms with E-state index in [2.05, 4.69) is 59.3 Å². The Bertz CT molecular complexity index is 341. The van der Waals surface area contributed by atoms with Gasteiger partial charge >= 0.3 is 0 Å². The Hall–Kier alpha value is -0.610. The van der Waals surface area contributed by atoms with E-state index in [1.54, 1.807) is 0 Å². The highest BCUT2D eigenvalue weighted by Gasteiger charge is 2.06. The number of aromatic nitrogens is 2. The Morgan fingerprint density at radius 1 is 1.50 bits per heavy atom. The second-order valence-electron chi connectivity index (χ2n) is 4.87. The number of hydrogen-bond acceptors (Lipinski definition) is 2. The molecule has 0 saturated heterocycles. The normalized spacial score (nSPS) is 12.6. The summed E-state index contributed by atoms with van der Waals surface area (Å²) >= 11 is 3.47. The molecule has 0 bridgehead atoms. The van der Waals surface area contributed by atoms with Crippen LogP contribution in [0.4, 0.5) is 0 Å². The molecule has 0 saturated carbocycles. The second kappa shape index (κ2) is 5.64. The number of nitrogens with zero attached hydrogens (tertiary/aromatic N) is 2. The van der Waals surface area contributed by atoms with E-state index in [4.69, 9.17) is 0 Å². The fourth-order valence-corrected chi connectivity index (χ4v) is 1.81. The summed E-state index contributed by atoms with van der Waals surface area (Å²) < 4.78 is 2.90. The summed E-state index contributed by atoms with van der Waals surface area (Å²) in [4.78, 5) is 0. The van der Waals surface area contributed by atoms with E-state index in [0.29, 0.717) is 0 Å². The monoisotopic (exact) mass is 285 g/mol. The third kappa shape index (κ3) is 4.49. The van der Waals surface area contributed by atoms with Crippen LogP contribution in [0.15, 0.2) is 16.7 Å². The molecule has 0 radical (unpaired) electrons. The van der Waals surface area contributed by atoms with Crippen LogP contribution >= 0.6 is 15.9 Å². The Labute approximate surface area is 106 Å². The molecule has 0 aromatic carbocycles. The average molecular weight is 286 g/mol. The molecule has 1 aromatic heterocycles. The lowest BCUT2D eigenvalue weighted by Crippen LogP contribution is -2.36. The summed E-state index contributed by atoms with van der Waals surface area (Å²) in [5, 5.41) is 7.60. The van der Waals surface area contributed by atoms with Crippen LogP contribution in [0.1, 0.15) is 32.9 Å². The van der Waals surface area contributed by atoms with Crippen molar-refractivity contribution in [2.45, 2.75) is 32.7 Å². The molecule has 0 aliphatic carbocycles. The SMILES string of the molecule is Cn1ncc(Br)c1/C=C/CCNC(C)(C)C. The van der Waals surface area contributed by atoms with Crippen LogP contribution in [-0.4, -0.2) is 21.9 Å². The zero-order valence-electron chi connectivity index (χ0n) is 10.4. The zero-order valence-corrected chi connectivity index (χ0v) is 12.0. The molecule has 3 nitrogen and oxygen atoms in total. The zero-order chi connectivity index (χ0) is 12.2. The summed E-state index contributed by atoms with van der Waals surface area (Å²) in [5.41, 5.74) is 1.30. The van der Waals surface area contributed by atoms with Crippen LogP contribution in [0.25, 0.3) is 6.08 Å². The van der Waals surface area contributed by atoms with E-state index in [-0.39, 0.29) is 5.54 Å². The van der Waals surface area contributed by atoms with E-state index in [1.165, 1.54) is 0 Å². The Morgan fingerprint density at radius 2 is 2.19 bits per heavy atom. The van der Waals surface area contributed by atoms with Gasteiger partial charge in [-0.3, -0.25) is 4.68 Å². The highest BCUT2D eigenvalue weighted by atomic mass is 79.9. The van der Waals surface area contributed by atoms with E-state index < -0.39 is 0 Å². The third-order valence-corrected chi connectivity index (χ3v) is 2.79. The number of halogens is 1. The molecule has 0 fully saturated rings. The van der Waals surface area contributed by atoms with Gasteiger partial charge in [0.2, 0.25) is 0 Å². The van der Waals surface area contributed by atoms with E-state index >= 15 is 0 Å². The largest absolute Gasteiger partial charge is 0.312 e. The van der Waals surface area contributed by atoms with Crippen molar-refractivity contribution in [1.82, 2.24) is 15.1 Å². The van der Waals surface area contributed by atoms with Gasteiger partial charge in [0.1, 0.15) is 0 Å². The summed E-state index contributed by atoms with van der Waals surface area (Å²) in [6.07, 6.45) is 7.10. The highest BCUT2D eigenvalue weighted by molar-refractivity contribution is 9.10. The van der Waals surface area contributed by atoms with Crippen LogP contribution in [0, 0.1) is 0 Å². The lowest BCUT2D eigenvalue weighted by molar-refractivity contribution is 0.431. The minimum atomic E-state index is 0.195. The maximum absolute atomic E-state index is 4.16. The predicted octanol–water partition coefficient (Wildman–Crippen LogP) is 2.97. The lowest BCUT2D eigenvalue weighted by Gasteiger charge is -2.19. The third-order valence-electron chi connectivity index (χ3n) is 2.18. The molecule has 0 unspecified atom stereocenters. The summed E-state index contributed by atoms with van der Waals surface area (Å²) in [6, 6.07) is 0. The van der Waals surface area contributed by atoms with Gasteiger partial charge in [0, 0.05) is 12.6 Å². The number of aryl methyl sites for hydroxylation is 1. The molecule has 16 heavy (non-hydrogen) atoms. The Kier molecular flexibility index (Phi) is 4.74. The minimum Gasteiger partial charge on any atom is -0.312 e. The van der Waals surface area contributed by atoms with Gasteiger partial charge in [0.05, 0.1) is 16.4 Å². The fourth-order valence-electron chi connectivity index (χ4n) is 1.33. The molecule has 0 atom stereocenters. The van der Waals surface area contributed by atoms with Gasteiger partial charge in [0.25, 0.3) is 0 Å². The van der Waals surface area contributed by atoms with Gasteiger partial charge in [0.15, 0.2) is 0 Å². The van der Waals surface area contributed by atoms with Crippen LogP contribution < -0.4 is 5.32 Å². The summed E-state index contributed by atoms with van der Waals surface area (Å²) in [5.74, 6) is 0. The first kappa shape index (κ1) is 13.5. The smallest absolute Gasteiger partial charge is 0.0745 e. The van der Waals surface area contributed by atoms with Crippen molar-refractivity contribution in [1.29, 1.82) is 0 Å². The van der Waals surface area contributed by atoms with E-state index in [1.807, 2.05) is 17.9 Å². The van der Waals surface area contributed by atoms with Crippen LogP contribution in [0.3, 0.4) is 0 Å². The van der Waals surface area contributed by atoms with Gasteiger partial charge in [-0.2, -0.15) is 5.10 Å². The molecular weight excluding hydrogens is 266 g/mol. The number of nitrogens with one attached hydrogen (secondary N) is 1. The molecule has 0 aliphatic rings. The maximum Gasteiger partial charge on any atom is 0.0745 e. The Balaban J connectivity index is 2.39. The summed E-state index contributed by atoms with van der Waals surface area (Å²) in [6.45, 7) is 7.52. The van der Waals surface area contributed by atoms with Crippen molar-refractivity contribution < 1.29 is 0 Å². The van der Waals surface area contributed by atoms with Crippen molar-refractivity contribution in [3.05, 3.63) is 22.4 Å². The van der Waals surface area contributed by atoms with Crippen molar-refractivity contribution >= 4 is 22.0 Å². The molecule has 90 valence electrons. The topological polar surface area (TPSA) is 29.9 Å². The maximum atomic E-state index is 4.16. The van der Waals surface area contributed by atoms with Gasteiger partial charge in [-0.05, 0) is 55.7 Å². The molecule has 0 amide bonds. The van der Waals surface area contributed by atoms with Gasteiger partial charge in [-0.1, -0.05) is 6.08 Å². The van der Waals surface area contributed by atoms with Gasteiger partial charge < -0.3 is 5.32 Å². The van der Waals surface area contributed by atoms with Crippen molar-refractivity contribution in [3.8, 4) is 0 Å². The number of hydrogen-bond donors (Lipinski definition) is 1. The second-order valence-corrected chi connectivity index (χ2v) is 5.72. The quantitative estimate of drug-likeness (QED) is 0.862. The van der Waals surface area contributed by atoms with Gasteiger partial charge in [-0.15, -0.1) is 0 Å². The Morgan fingerprint density at radius 3 is 2.69 bits per heavy atom. The number of rotatable bonds is 4. The van der Waals surface area contributed by atoms with E-state index in [9.17, 15) is 0 Å². The molecule has 1 N–H and O–H groups in total. The van der Waals surface area contributed by atoms with E-state index in [0.717, 1.165) is 23.1 Å². The summed E-state index contributed by atoms with van der Waals surface area (Å²) in [7, 11) is 1.94. The molecule has 1 aromatic rings. The standard InChI is InChI=1S/C12H20BrN3/c1-12(2,3)14-8-6-5-7-11-10(13)9-15-16(11)4/h5,7,9,14H,6,8H2,1-4H3/b7-5+. The highest BCUT2D eigenvalue weighted by Crippen LogP contribution is 2.16. The van der Waals surface area contributed by atoms with Crippen LogP contribution in [0.2, 0.25) is 0 Å². The molecule has 0 spiro atoms. The van der Waals surface area contributed by atoms with Crippen molar-refractivity contribution in [2.24, 2.45) is 7.05 Å². The molecule has 1 rings (SSSR count). The van der Waals surface area contributed by atoms with Crippen LogP contribution in [-0.2, 0) is 7.05 Å². The minimum absolute atomic E-state index is 0.195. The first-order valence-corrected chi connectivity index (χ1v) is 6.28. The van der Waals surface area contributed by atoms with Crippen LogP contribution in [0.5, 0.6) is 0 Å².